The number of methoxy groups -OCH3 is 1. The molecule has 3 nitrogen and oxygen atoms in total. The van der Waals surface area contributed by atoms with Gasteiger partial charge in [0.05, 0.1) is 12.0 Å². The van der Waals surface area contributed by atoms with Crippen molar-refractivity contribution >= 4 is 19.7 Å². The zero-order valence-corrected chi connectivity index (χ0v) is 12.1. The molecule has 0 fully saturated rings. The number of benzene rings is 2. The van der Waals surface area contributed by atoms with Crippen molar-refractivity contribution in [3.05, 3.63) is 48.0 Å². The quantitative estimate of drug-likeness (QED) is 0.813. The fourth-order valence-electron chi connectivity index (χ4n) is 1.83. The van der Waals surface area contributed by atoms with Crippen LogP contribution in [0, 0.1) is 6.92 Å². The average molecular weight is 297 g/mol. The van der Waals surface area contributed by atoms with Crippen LogP contribution in [0.4, 0.5) is 0 Å². The number of ether oxygens (including phenoxy) is 1. The van der Waals surface area contributed by atoms with Gasteiger partial charge in [-0.3, -0.25) is 0 Å². The lowest BCUT2D eigenvalue weighted by Gasteiger charge is -2.07. The fraction of sp³-hybridized carbons (Fsp3) is 0.143. The van der Waals surface area contributed by atoms with E-state index in [0.29, 0.717) is 5.56 Å². The Bertz CT molecular complexity index is 691. The Balaban J connectivity index is 2.51. The van der Waals surface area contributed by atoms with Gasteiger partial charge in [-0.15, -0.1) is 0 Å². The lowest BCUT2D eigenvalue weighted by molar-refractivity contribution is 0.415. The molecule has 0 aromatic heterocycles. The van der Waals surface area contributed by atoms with Crippen LogP contribution in [0.1, 0.15) is 5.56 Å². The molecule has 0 atom stereocenters. The Labute approximate surface area is 117 Å². The van der Waals surface area contributed by atoms with Crippen molar-refractivity contribution in [3.8, 4) is 16.9 Å². The van der Waals surface area contributed by atoms with E-state index in [-0.39, 0.29) is 4.90 Å². The van der Waals surface area contributed by atoms with Crippen molar-refractivity contribution < 1.29 is 13.2 Å². The maximum atomic E-state index is 11.5. The minimum atomic E-state index is -3.73. The highest BCUT2D eigenvalue weighted by Gasteiger charge is 2.14. The minimum Gasteiger partial charge on any atom is -0.497 e. The summed E-state index contributed by atoms with van der Waals surface area (Å²) in [6.07, 6.45) is 0. The van der Waals surface area contributed by atoms with Crippen molar-refractivity contribution in [2.24, 2.45) is 0 Å². The summed E-state index contributed by atoms with van der Waals surface area (Å²) in [6, 6.07) is 12.6. The van der Waals surface area contributed by atoms with Gasteiger partial charge in [-0.1, -0.05) is 24.3 Å². The molecule has 0 saturated carbocycles. The summed E-state index contributed by atoms with van der Waals surface area (Å²) in [6.45, 7) is 1.72. The van der Waals surface area contributed by atoms with E-state index < -0.39 is 9.05 Å². The van der Waals surface area contributed by atoms with E-state index in [1.807, 2.05) is 30.3 Å². The van der Waals surface area contributed by atoms with Crippen molar-refractivity contribution in [1.82, 2.24) is 0 Å². The molecule has 0 heterocycles. The number of hydrogen-bond donors (Lipinski definition) is 0. The number of aryl methyl sites for hydroxylation is 1. The summed E-state index contributed by atoms with van der Waals surface area (Å²) >= 11 is 0. The second kappa shape index (κ2) is 5.23. The maximum Gasteiger partial charge on any atom is 0.261 e. The van der Waals surface area contributed by atoms with Crippen molar-refractivity contribution in [1.29, 1.82) is 0 Å². The maximum absolute atomic E-state index is 11.5. The molecule has 0 bridgehead atoms. The third-order valence-electron chi connectivity index (χ3n) is 2.87. The summed E-state index contributed by atoms with van der Waals surface area (Å²) in [5.74, 6) is 0.751. The van der Waals surface area contributed by atoms with E-state index in [1.54, 1.807) is 26.2 Å². The first-order valence-corrected chi connectivity index (χ1v) is 7.92. The molecule has 0 aliphatic heterocycles. The Morgan fingerprint density at radius 2 is 1.58 bits per heavy atom. The zero-order chi connectivity index (χ0) is 14.0. The second-order valence-corrected chi connectivity index (χ2v) is 6.68. The molecule has 5 heteroatoms. The van der Waals surface area contributed by atoms with Crippen LogP contribution in [0.2, 0.25) is 0 Å². The van der Waals surface area contributed by atoms with Crippen molar-refractivity contribution in [3.63, 3.8) is 0 Å². The molecule has 0 aliphatic rings. The van der Waals surface area contributed by atoms with Gasteiger partial charge < -0.3 is 4.74 Å². The fourth-order valence-corrected chi connectivity index (χ4v) is 3.04. The van der Waals surface area contributed by atoms with E-state index in [0.717, 1.165) is 16.9 Å². The highest BCUT2D eigenvalue weighted by molar-refractivity contribution is 8.13. The molecular formula is C14H13ClO3S. The van der Waals surface area contributed by atoms with E-state index in [4.69, 9.17) is 15.4 Å². The highest BCUT2D eigenvalue weighted by atomic mass is 35.7. The van der Waals surface area contributed by atoms with E-state index in [2.05, 4.69) is 0 Å². The third-order valence-corrected chi connectivity index (χ3v) is 4.34. The molecule has 0 N–H and O–H groups in total. The predicted molar refractivity (Wildman–Crippen MR) is 76.2 cm³/mol. The van der Waals surface area contributed by atoms with Crippen molar-refractivity contribution in [2.45, 2.75) is 11.8 Å². The first kappa shape index (κ1) is 13.9. The van der Waals surface area contributed by atoms with Gasteiger partial charge in [0, 0.05) is 10.7 Å². The van der Waals surface area contributed by atoms with Gasteiger partial charge in [0.2, 0.25) is 0 Å². The van der Waals surface area contributed by atoms with Crippen LogP contribution in [0.15, 0.2) is 47.4 Å². The largest absolute Gasteiger partial charge is 0.497 e. The van der Waals surface area contributed by atoms with Crippen LogP contribution < -0.4 is 4.74 Å². The third kappa shape index (κ3) is 3.08. The van der Waals surface area contributed by atoms with Gasteiger partial charge in [0.25, 0.3) is 9.05 Å². The van der Waals surface area contributed by atoms with Gasteiger partial charge >= 0.3 is 0 Å². The van der Waals surface area contributed by atoms with Crippen LogP contribution in [-0.2, 0) is 9.05 Å². The van der Waals surface area contributed by atoms with Gasteiger partial charge in [0.15, 0.2) is 0 Å². The molecule has 100 valence electrons. The normalized spacial score (nSPS) is 11.3. The van der Waals surface area contributed by atoms with Crippen LogP contribution in [-0.4, -0.2) is 15.5 Å². The highest BCUT2D eigenvalue weighted by Crippen LogP contribution is 2.28. The molecule has 2 aromatic carbocycles. The van der Waals surface area contributed by atoms with Crippen LogP contribution in [0.25, 0.3) is 11.1 Å². The van der Waals surface area contributed by atoms with Gasteiger partial charge in [-0.05, 0) is 41.8 Å². The summed E-state index contributed by atoms with van der Waals surface area (Å²) in [5, 5.41) is 0. The second-order valence-electron chi connectivity index (χ2n) is 4.15. The smallest absolute Gasteiger partial charge is 0.261 e. The number of halogens is 1. The van der Waals surface area contributed by atoms with Gasteiger partial charge in [-0.25, -0.2) is 8.42 Å². The van der Waals surface area contributed by atoms with Crippen LogP contribution in [0.3, 0.4) is 0 Å². The molecular weight excluding hydrogens is 284 g/mol. The van der Waals surface area contributed by atoms with E-state index in [1.165, 1.54) is 0 Å². The van der Waals surface area contributed by atoms with E-state index in [9.17, 15) is 8.42 Å². The standard InChI is InChI=1S/C14H13ClO3S/c1-10-3-4-12(9-14(10)19(15,16)17)11-5-7-13(18-2)8-6-11/h3-9H,1-2H3. The summed E-state index contributed by atoms with van der Waals surface area (Å²) in [7, 11) is 3.29. The number of rotatable bonds is 3. The monoisotopic (exact) mass is 296 g/mol. The molecule has 2 aromatic rings. The minimum absolute atomic E-state index is 0.141. The van der Waals surface area contributed by atoms with Crippen molar-refractivity contribution in [2.75, 3.05) is 7.11 Å². The van der Waals surface area contributed by atoms with E-state index >= 15 is 0 Å². The molecule has 0 amide bonds. The Hall–Kier alpha value is -1.52. The predicted octanol–water partition coefficient (Wildman–Crippen LogP) is 3.60. The molecule has 0 unspecified atom stereocenters. The molecule has 19 heavy (non-hydrogen) atoms. The first-order chi connectivity index (χ1) is 8.91. The lowest BCUT2D eigenvalue weighted by Crippen LogP contribution is -1.95. The van der Waals surface area contributed by atoms with Crippen LogP contribution in [0.5, 0.6) is 5.75 Å². The first-order valence-electron chi connectivity index (χ1n) is 5.61. The Kier molecular flexibility index (Phi) is 3.83. The zero-order valence-electron chi connectivity index (χ0n) is 10.6. The molecule has 0 aliphatic carbocycles. The lowest BCUT2D eigenvalue weighted by atomic mass is 10.0. The summed E-state index contributed by atoms with van der Waals surface area (Å²) in [4.78, 5) is 0.141. The molecule has 0 saturated heterocycles. The molecule has 0 spiro atoms. The topological polar surface area (TPSA) is 43.4 Å². The molecule has 0 radical (unpaired) electrons. The summed E-state index contributed by atoms with van der Waals surface area (Å²) < 4.78 is 28.1. The molecule has 2 rings (SSSR count). The van der Waals surface area contributed by atoms with Gasteiger partial charge in [0.1, 0.15) is 5.75 Å². The summed E-state index contributed by atoms with van der Waals surface area (Å²) in [5.41, 5.74) is 2.34. The average Bonchev–Trinajstić information content (AvgIpc) is 2.38. The van der Waals surface area contributed by atoms with Crippen LogP contribution >= 0.6 is 10.7 Å². The van der Waals surface area contributed by atoms with Gasteiger partial charge in [-0.2, -0.15) is 0 Å². The SMILES string of the molecule is COc1ccc(-c2ccc(C)c(S(=O)(=O)Cl)c2)cc1. The number of hydrogen-bond acceptors (Lipinski definition) is 3. The Morgan fingerprint density at radius 1 is 1.00 bits per heavy atom. The Morgan fingerprint density at radius 3 is 2.11 bits per heavy atom.